The number of nitrogens with one attached hydrogen (secondary N) is 1. The lowest BCUT2D eigenvalue weighted by atomic mass is 10.1. The second kappa shape index (κ2) is 7.69. The summed E-state index contributed by atoms with van der Waals surface area (Å²) in [6.07, 6.45) is 0.976. The number of nitrogens with zero attached hydrogens (tertiary/aromatic N) is 1. The summed E-state index contributed by atoms with van der Waals surface area (Å²) < 4.78 is 6.08. The molecule has 2 heterocycles. The van der Waals surface area contributed by atoms with E-state index in [1.807, 2.05) is 17.5 Å². The molecule has 4 aromatic rings. The molecule has 4 rings (SSSR count). The lowest BCUT2D eigenvalue weighted by Crippen LogP contribution is -2.20. The zero-order chi connectivity index (χ0) is 19.7. The van der Waals surface area contributed by atoms with Crippen LogP contribution in [0.1, 0.15) is 22.8 Å². The van der Waals surface area contributed by atoms with E-state index < -0.39 is 11.5 Å². The van der Waals surface area contributed by atoms with Gasteiger partial charge in [0, 0.05) is 20.8 Å². The fraction of sp³-hybridized carbons (Fsp3) is 0.0952. The molecule has 28 heavy (non-hydrogen) atoms. The Morgan fingerprint density at radius 2 is 1.96 bits per heavy atom. The van der Waals surface area contributed by atoms with Crippen LogP contribution in [0.3, 0.4) is 0 Å². The van der Waals surface area contributed by atoms with Gasteiger partial charge in [-0.15, -0.1) is 11.3 Å². The van der Waals surface area contributed by atoms with Gasteiger partial charge in [-0.05, 0) is 36.2 Å². The zero-order valence-corrected chi connectivity index (χ0v) is 17.3. The van der Waals surface area contributed by atoms with E-state index in [1.165, 1.54) is 23.0 Å². The average Bonchev–Trinajstić information content (AvgIpc) is 3.16. The number of aryl methyl sites for hydroxylation is 1. The molecule has 0 atom stereocenters. The van der Waals surface area contributed by atoms with Gasteiger partial charge >= 0.3 is 5.63 Å². The number of carbonyl (C=O) groups excluding carboxylic acids is 1. The van der Waals surface area contributed by atoms with Crippen LogP contribution in [0.25, 0.3) is 22.2 Å². The predicted octanol–water partition coefficient (Wildman–Crippen LogP) is 5.49. The van der Waals surface area contributed by atoms with Crippen LogP contribution in [0, 0.1) is 0 Å². The molecule has 1 N–H and O–H groups in total. The van der Waals surface area contributed by atoms with E-state index >= 15 is 0 Å². The minimum Gasteiger partial charge on any atom is -0.422 e. The molecule has 0 aliphatic carbocycles. The van der Waals surface area contributed by atoms with Gasteiger partial charge in [0.2, 0.25) is 0 Å². The standard InChI is InChI=1S/C21H15BrN2O3S/c1-2-12-3-5-13(6-4-12)17-11-28-21(23-17)24-19(25)16-10-14-9-15(22)7-8-18(14)27-20(16)26/h3-11H,2H2,1H3,(H,23,24,25). The number of hydrogen-bond acceptors (Lipinski definition) is 5. The normalized spacial score (nSPS) is 10.9. The van der Waals surface area contributed by atoms with E-state index in [0.717, 1.165) is 22.2 Å². The van der Waals surface area contributed by atoms with Gasteiger partial charge in [0.15, 0.2) is 5.13 Å². The van der Waals surface area contributed by atoms with Crippen LogP contribution in [-0.2, 0) is 6.42 Å². The Labute approximate surface area is 173 Å². The van der Waals surface area contributed by atoms with Crippen LogP contribution in [0.5, 0.6) is 0 Å². The fourth-order valence-electron chi connectivity index (χ4n) is 2.79. The van der Waals surface area contributed by atoms with Crippen LogP contribution in [-0.4, -0.2) is 10.9 Å². The van der Waals surface area contributed by atoms with Crippen LogP contribution in [0.2, 0.25) is 0 Å². The van der Waals surface area contributed by atoms with Crippen LogP contribution < -0.4 is 10.9 Å². The minimum atomic E-state index is -0.681. The Bertz CT molecular complexity index is 1230. The van der Waals surface area contributed by atoms with Gasteiger partial charge in [0.1, 0.15) is 11.1 Å². The Hall–Kier alpha value is -2.77. The molecule has 0 unspecified atom stereocenters. The number of anilines is 1. The van der Waals surface area contributed by atoms with E-state index in [1.54, 1.807) is 18.2 Å². The lowest BCUT2D eigenvalue weighted by Gasteiger charge is -2.03. The quantitative estimate of drug-likeness (QED) is 0.413. The van der Waals surface area contributed by atoms with Gasteiger partial charge in [-0.1, -0.05) is 47.1 Å². The summed E-state index contributed by atoms with van der Waals surface area (Å²) in [5.74, 6) is -0.544. The smallest absolute Gasteiger partial charge is 0.349 e. The van der Waals surface area contributed by atoms with Crippen molar-refractivity contribution in [1.82, 2.24) is 4.98 Å². The molecule has 0 saturated carbocycles. The number of halogens is 1. The number of fused-ring (bicyclic) bond motifs is 1. The van der Waals surface area contributed by atoms with Gasteiger partial charge in [-0.3, -0.25) is 10.1 Å². The second-order valence-electron chi connectivity index (χ2n) is 6.17. The zero-order valence-electron chi connectivity index (χ0n) is 14.9. The topological polar surface area (TPSA) is 72.2 Å². The highest BCUT2D eigenvalue weighted by Crippen LogP contribution is 2.26. The maximum Gasteiger partial charge on any atom is 0.349 e. The van der Waals surface area contributed by atoms with Crippen molar-refractivity contribution in [3.8, 4) is 11.3 Å². The number of rotatable bonds is 4. The summed E-state index contributed by atoms with van der Waals surface area (Å²) in [5, 5.41) is 5.65. The van der Waals surface area contributed by atoms with Crippen molar-refractivity contribution in [3.63, 3.8) is 0 Å². The summed E-state index contributed by atoms with van der Waals surface area (Å²) >= 11 is 4.68. The first-order valence-electron chi connectivity index (χ1n) is 8.63. The van der Waals surface area contributed by atoms with E-state index in [9.17, 15) is 9.59 Å². The molecule has 0 fully saturated rings. The van der Waals surface area contributed by atoms with Gasteiger partial charge in [0.25, 0.3) is 5.91 Å². The molecule has 0 radical (unpaired) electrons. The summed E-state index contributed by atoms with van der Waals surface area (Å²) in [7, 11) is 0. The summed E-state index contributed by atoms with van der Waals surface area (Å²) in [6, 6.07) is 14.9. The third-order valence-corrected chi connectivity index (χ3v) is 5.57. The van der Waals surface area contributed by atoms with Crippen LogP contribution >= 0.6 is 27.3 Å². The minimum absolute atomic E-state index is 0.0605. The first-order valence-corrected chi connectivity index (χ1v) is 10.3. The lowest BCUT2D eigenvalue weighted by molar-refractivity contribution is 0.102. The monoisotopic (exact) mass is 454 g/mol. The molecule has 0 aliphatic heterocycles. The van der Waals surface area contributed by atoms with Gasteiger partial charge < -0.3 is 4.42 Å². The molecular formula is C21H15BrN2O3S. The Kier molecular flexibility index (Phi) is 5.11. The third kappa shape index (κ3) is 3.76. The molecule has 0 spiro atoms. The molecule has 2 aromatic carbocycles. The number of thiazole rings is 1. The number of benzene rings is 2. The van der Waals surface area contributed by atoms with Crippen molar-refractivity contribution in [2.75, 3.05) is 5.32 Å². The average molecular weight is 455 g/mol. The van der Waals surface area contributed by atoms with Gasteiger partial charge in [-0.25, -0.2) is 9.78 Å². The number of aromatic nitrogens is 1. The van der Waals surface area contributed by atoms with E-state index in [4.69, 9.17) is 4.42 Å². The highest BCUT2D eigenvalue weighted by atomic mass is 79.9. The van der Waals surface area contributed by atoms with Crippen molar-refractivity contribution in [1.29, 1.82) is 0 Å². The first-order chi connectivity index (χ1) is 13.5. The van der Waals surface area contributed by atoms with E-state index in [-0.39, 0.29) is 5.56 Å². The Morgan fingerprint density at radius 3 is 2.71 bits per heavy atom. The van der Waals surface area contributed by atoms with Crippen molar-refractivity contribution in [2.24, 2.45) is 0 Å². The van der Waals surface area contributed by atoms with Crippen molar-refractivity contribution in [2.45, 2.75) is 13.3 Å². The van der Waals surface area contributed by atoms with Gasteiger partial charge in [0.05, 0.1) is 5.69 Å². The Balaban J connectivity index is 1.58. The van der Waals surface area contributed by atoms with Crippen LogP contribution in [0.15, 0.2) is 67.6 Å². The molecule has 0 saturated heterocycles. The molecule has 0 bridgehead atoms. The summed E-state index contributed by atoms with van der Waals surface area (Å²) in [5.41, 5.74) is 2.69. The first kappa shape index (κ1) is 18.6. The van der Waals surface area contributed by atoms with Gasteiger partial charge in [-0.2, -0.15) is 0 Å². The highest BCUT2D eigenvalue weighted by Gasteiger charge is 2.16. The fourth-order valence-corrected chi connectivity index (χ4v) is 3.89. The number of carbonyl (C=O) groups is 1. The van der Waals surface area contributed by atoms with Crippen molar-refractivity contribution < 1.29 is 9.21 Å². The van der Waals surface area contributed by atoms with Crippen molar-refractivity contribution in [3.05, 3.63) is 79.9 Å². The van der Waals surface area contributed by atoms with E-state index in [0.29, 0.717) is 16.1 Å². The second-order valence-corrected chi connectivity index (χ2v) is 7.95. The molecule has 7 heteroatoms. The summed E-state index contributed by atoms with van der Waals surface area (Å²) in [4.78, 5) is 29.2. The third-order valence-electron chi connectivity index (χ3n) is 4.32. The number of amides is 1. The predicted molar refractivity (Wildman–Crippen MR) is 115 cm³/mol. The SMILES string of the molecule is CCc1ccc(-c2csc(NC(=O)c3cc4cc(Br)ccc4oc3=O)n2)cc1. The molecule has 1 amide bonds. The molecule has 140 valence electrons. The van der Waals surface area contributed by atoms with Crippen molar-refractivity contribution >= 4 is 49.3 Å². The molecule has 2 aromatic heterocycles. The molecule has 5 nitrogen and oxygen atoms in total. The largest absolute Gasteiger partial charge is 0.422 e. The maximum atomic E-state index is 12.6. The summed E-state index contributed by atoms with van der Waals surface area (Å²) in [6.45, 7) is 2.10. The Morgan fingerprint density at radius 1 is 1.18 bits per heavy atom. The van der Waals surface area contributed by atoms with Crippen LogP contribution in [0.4, 0.5) is 5.13 Å². The molecule has 0 aliphatic rings. The molecular weight excluding hydrogens is 440 g/mol. The van der Waals surface area contributed by atoms with E-state index in [2.05, 4.69) is 45.3 Å². The number of hydrogen-bond donors (Lipinski definition) is 1. The maximum absolute atomic E-state index is 12.6. The highest BCUT2D eigenvalue weighted by molar-refractivity contribution is 9.10.